The number of amides is 1. The van der Waals surface area contributed by atoms with E-state index in [1.807, 2.05) is 25.7 Å². The molecule has 1 amide bonds. The molecule has 0 bridgehead atoms. The van der Waals surface area contributed by atoms with Crippen LogP contribution in [0.3, 0.4) is 0 Å². The average Bonchev–Trinajstić information content (AvgIpc) is 2.43. The van der Waals surface area contributed by atoms with Crippen molar-refractivity contribution < 1.29 is 14.3 Å². The molecule has 5 heteroatoms. The molecule has 2 heterocycles. The minimum atomic E-state index is -0.421. The summed E-state index contributed by atoms with van der Waals surface area (Å²) in [6.07, 6.45) is 4.01. The average molecular weight is 341 g/mol. The summed E-state index contributed by atoms with van der Waals surface area (Å²) < 4.78 is 11.3. The monoisotopic (exact) mass is 340 g/mol. The number of ether oxygens (including phenoxy) is 2. The molecule has 0 aliphatic carbocycles. The molecular weight excluding hydrogens is 304 g/mol. The molecule has 0 spiro atoms. The number of carbonyl (C=O) groups excluding carboxylic acids is 1. The van der Waals surface area contributed by atoms with Gasteiger partial charge in [0.2, 0.25) is 0 Å². The van der Waals surface area contributed by atoms with Crippen LogP contribution in [0.4, 0.5) is 4.79 Å². The largest absolute Gasteiger partial charge is 0.444 e. The Morgan fingerprint density at radius 2 is 1.88 bits per heavy atom. The van der Waals surface area contributed by atoms with Gasteiger partial charge in [-0.3, -0.25) is 0 Å². The zero-order valence-electron chi connectivity index (χ0n) is 16.4. The van der Waals surface area contributed by atoms with Gasteiger partial charge >= 0.3 is 6.09 Å². The third kappa shape index (κ3) is 5.92. The summed E-state index contributed by atoms with van der Waals surface area (Å²) in [6.45, 7) is 15.8. The van der Waals surface area contributed by atoms with Crippen LogP contribution < -0.4 is 5.32 Å². The van der Waals surface area contributed by atoms with Crippen LogP contribution in [0.5, 0.6) is 0 Å². The number of rotatable bonds is 3. The van der Waals surface area contributed by atoms with Crippen molar-refractivity contribution in [1.82, 2.24) is 10.2 Å². The molecule has 5 nitrogen and oxygen atoms in total. The molecule has 140 valence electrons. The zero-order valence-corrected chi connectivity index (χ0v) is 16.4. The number of carbonyl (C=O) groups is 1. The predicted octanol–water partition coefficient (Wildman–Crippen LogP) is 3.57. The predicted molar refractivity (Wildman–Crippen MR) is 96.2 cm³/mol. The molecule has 2 aliphatic heterocycles. The van der Waals surface area contributed by atoms with E-state index in [1.165, 1.54) is 0 Å². The standard InChI is InChI=1S/C19H36N2O3/c1-17(2,3)24-16(22)21-10-8-19(6,9-11-21)14-20-15-7-12-23-18(4,5)13-15/h15,20H,7-14H2,1-6H3. The lowest BCUT2D eigenvalue weighted by Gasteiger charge is -2.42. The van der Waals surface area contributed by atoms with Crippen LogP contribution in [0.1, 0.15) is 67.2 Å². The van der Waals surface area contributed by atoms with Crippen molar-refractivity contribution in [3.05, 3.63) is 0 Å². The van der Waals surface area contributed by atoms with E-state index in [9.17, 15) is 4.79 Å². The van der Waals surface area contributed by atoms with E-state index in [0.717, 1.165) is 51.9 Å². The number of nitrogens with one attached hydrogen (secondary N) is 1. The number of likely N-dealkylation sites (tertiary alicyclic amines) is 1. The molecule has 0 aromatic heterocycles. The molecule has 2 aliphatic rings. The highest BCUT2D eigenvalue weighted by atomic mass is 16.6. The van der Waals surface area contributed by atoms with E-state index in [0.29, 0.717) is 6.04 Å². The van der Waals surface area contributed by atoms with Gasteiger partial charge < -0.3 is 19.7 Å². The molecule has 1 atom stereocenters. The molecule has 24 heavy (non-hydrogen) atoms. The first kappa shape index (κ1) is 19.5. The lowest BCUT2D eigenvalue weighted by molar-refractivity contribution is -0.0644. The Bertz CT molecular complexity index is 434. The summed E-state index contributed by atoms with van der Waals surface area (Å²) in [6, 6.07) is 0.537. The first-order valence-corrected chi connectivity index (χ1v) is 9.33. The van der Waals surface area contributed by atoms with Crippen molar-refractivity contribution in [2.24, 2.45) is 5.41 Å². The first-order chi connectivity index (χ1) is 11.0. The van der Waals surface area contributed by atoms with Gasteiger partial charge in [-0.2, -0.15) is 0 Å². The molecular formula is C19H36N2O3. The van der Waals surface area contributed by atoms with E-state index < -0.39 is 5.60 Å². The third-order valence-electron chi connectivity index (χ3n) is 5.14. The Labute approximate surface area is 147 Å². The van der Waals surface area contributed by atoms with Gasteiger partial charge in [0.25, 0.3) is 0 Å². The van der Waals surface area contributed by atoms with Gasteiger partial charge in [-0.05, 0) is 65.7 Å². The van der Waals surface area contributed by atoms with Crippen molar-refractivity contribution in [3.8, 4) is 0 Å². The topological polar surface area (TPSA) is 50.8 Å². The van der Waals surface area contributed by atoms with Gasteiger partial charge in [0.15, 0.2) is 0 Å². The summed E-state index contributed by atoms with van der Waals surface area (Å²) in [4.78, 5) is 14.0. The Morgan fingerprint density at radius 1 is 1.25 bits per heavy atom. The number of hydrogen-bond donors (Lipinski definition) is 1. The Morgan fingerprint density at radius 3 is 2.42 bits per heavy atom. The first-order valence-electron chi connectivity index (χ1n) is 9.33. The fourth-order valence-corrected chi connectivity index (χ4v) is 3.53. The van der Waals surface area contributed by atoms with E-state index in [4.69, 9.17) is 9.47 Å². The maximum atomic E-state index is 12.2. The highest BCUT2D eigenvalue weighted by Gasteiger charge is 2.35. The SMILES string of the molecule is CC1(CNC2CCOC(C)(C)C2)CCN(C(=O)OC(C)(C)C)CC1. The smallest absolute Gasteiger partial charge is 0.410 e. The van der Waals surface area contributed by atoms with Crippen molar-refractivity contribution in [1.29, 1.82) is 0 Å². The molecule has 0 aromatic rings. The van der Waals surface area contributed by atoms with Crippen LogP contribution in [0.25, 0.3) is 0 Å². The van der Waals surface area contributed by atoms with Crippen LogP contribution in [0.15, 0.2) is 0 Å². The number of hydrogen-bond acceptors (Lipinski definition) is 4. The molecule has 1 N–H and O–H groups in total. The highest BCUT2D eigenvalue weighted by molar-refractivity contribution is 5.68. The summed E-state index contributed by atoms with van der Waals surface area (Å²) >= 11 is 0. The molecule has 2 saturated heterocycles. The lowest BCUT2D eigenvalue weighted by atomic mass is 9.80. The third-order valence-corrected chi connectivity index (χ3v) is 5.14. The van der Waals surface area contributed by atoms with Crippen molar-refractivity contribution >= 4 is 6.09 Å². The number of nitrogens with zero attached hydrogens (tertiary/aromatic N) is 1. The second kappa shape index (κ2) is 7.20. The van der Waals surface area contributed by atoms with Crippen LogP contribution in [-0.4, -0.2) is 54.5 Å². The molecule has 1 unspecified atom stereocenters. The second-order valence-electron chi connectivity index (χ2n) is 9.46. The van der Waals surface area contributed by atoms with Gasteiger partial charge in [0.05, 0.1) is 5.60 Å². The van der Waals surface area contributed by atoms with Crippen LogP contribution in [0.2, 0.25) is 0 Å². The molecule has 2 rings (SSSR count). The van der Waals surface area contributed by atoms with Gasteiger partial charge in [-0.1, -0.05) is 6.92 Å². The van der Waals surface area contributed by atoms with Crippen molar-refractivity contribution in [3.63, 3.8) is 0 Å². The Hall–Kier alpha value is -0.810. The quantitative estimate of drug-likeness (QED) is 0.853. The highest BCUT2D eigenvalue weighted by Crippen LogP contribution is 2.32. The van der Waals surface area contributed by atoms with E-state index >= 15 is 0 Å². The van der Waals surface area contributed by atoms with Crippen molar-refractivity contribution in [2.75, 3.05) is 26.2 Å². The van der Waals surface area contributed by atoms with Gasteiger partial charge in [-0.25, -0.2) is 4.79 Å². The van der Waals surface area contributed by atoms with Crippen LogP contribution in [0, 0.1) is 5.41 Å². The molecule has 2 fully saturated rings. The summed E-state index contributed by atoms with van der Waals surface area (Å²) in [5.41, 5.74) is -0.187. The molecule has 0 saturated carbocycles. The van der Waals surface area contributed by atoms with Crippen molar-refractivity contribution in [2.45, 2.75) is 84.5 Å². The molecule has 0 radical (unpaired) electrons. The van der Waals surface area contributed by atoms with Gasteiger partial charge in [0.1, 0.15) is 5.60 Å². The number of piperidine rings is 1. The van der Waals surface area contributed by atoms with E-state index in [2.05, 4.69) is 26.1 Å². The zero-order chi connectivity index (χ0) is 18.0. The van der Waals surface area contributed by atoms with E-state index in [1.54, 1.807) is 0 Å². The van der Waals surface area contributed by atoms with E-state index in [-0.39, 0.29) is 17.1 Å². The fraction of sp³-hybridized carbons (Fsp3) is 0.947. The minimum absolute atomic E-state index is 0.0170. The summed E-state index contributed by atoms with van der Waals surface area (Å²) in [5.74, 6) is 0. The Kier molecular flexibility index (Phi) is 5.86. The maximum absolute atomic E-state index is 12.2. The minimum Gasteiger partial charge on any atom is -0.444 e. The normalized spacial score (nSPS) is 26.9. The maximum Gasteiger partial charge on any atom is 0.410 e. The molecule has 0 aromatic carbocycles. The second-order valence-corrected chi connectivity index (χ2v) is 9.46. The van der Waals surface area contributed by atoms with Crippen LogP contribution in [-0.2, 0) is 9.47 Å². The van der Waals surface area contributed by atoms with Gasteiger partial charge in [-0.15, -0.1) is 0 Å². The Balaban J connectivity index is 1.77. The van der Waals surface area contributed by atoms with Gasteiger partial charge in [0, 0.05) is 32.3 Å². The summed E-state index contributed by atoms with van der Waals surface area (Å²) in [5, 5.41) is 3.76. The summed E-state index contributed by atoms with van der Waals surface area (Å²) in [7, 11) is 0. The van der Waals surface area contributed by atoms with Crippen LogP contribution >= 0.6 is 0 Å². The lowest BCUT2D eigenvalue weighted by Crippen LogP contribution is -2.50. The fourth-order valence-electron chi connectivity index (χ4n) is 3.53.